The van der Waals surface area contributed by atoms with Gasteiger partial charge in [0.25, 0.3) is 5.82 Å². The van der Waals surface area contributed by atoms with Gasteiger partial charge in [0.15, 0.2) is 0 Å². The molecule has 0 aliphatic rings. The molecule has 0 aromatic carbocycles. The van der Waals surface area contributed by atoms with Gasteiger partial charge in [0, 0.05) is 6.42 Å². The fourth-order valence-corrected chi connectivity index (χ4v) is 3.63. The van der Waals surface area contributed by atoms with E-state index in [9.17, 15) is 0 Å². The van der Waals surface area contributed by atoms with Crippen molar-refractivity contribution in [2.24, 2.45) is 14.1 Å². The maximum atomic E-state index is 2.29. The van der Waals surface area contributed by atoms with Crippen LogP contribution in [0.4, 0.5) is 0 Å². The van der Waals surface area contributed by atoms with Crippen LogP contribution < -0.4 is 17.0 Å². The van der Waals surface area contributed by atoms with E-state index in [1.807, 2.05) is 0 Å². The van der Waals surface area contributed by atoms with Crippen LogP contribution in [-0.2, 0) is 20.5 Å². The minimum Gasteiger partial charge on any atom is -1.00 e. The number of rotatable bonds is 16. The summed E-state index contributed by atoms with van der Waals surface area (Å²) in [4.78, 5) is 0. The highest BCUT2D eigenvalue weighted by atomic mass is 35.5. The Morgan fingerprint density at radius 3 is 1.48 bits per heavy atom. The lowest BCUT2D eigenvalue weighted by molar-refractivity contribution is -0.678. The van der Waals surface area contributed by atoms with Gasteiger partial charge in [-0.1, -0.05) is 96.8 Å². The lowest BCUT2D eigenvalue weighted by Crippen LogP contribution is -3.00. The molecule has 0 aliphatic heterocycles. The van der Waals surface area contributed by atoms with Gasteiger partial charge in [-0.25, -0.2) is 9.13 Å². The first-order valence-electron chi connectivity index (χ1n) is 10.8. The summed E-state index contributed by atoms with van der Waals surface area (Å²) in [6.45, 7) is 2.29. The van der Waals surface area contributed by atoms with Gasteiger partial charge >= 0.3 is 0 Å². The SMILES string of the molecule is CCCCCCCCCCCCCCCCCc1n(C)cc[n+]1C.[Cl-]. The molecular weight excluding hydrogens is 328 g/mol. The molecule has 1 aromatic heterocycles. The molecule has 0 atom stereocenters. The molecule has 1 aromatic rings. The third-order valence-electron chi connectivity index (χ3n) is 5.33. The molecule has 0 amide bonds. The van der Waals surface area contributed by atoms with Crippen LogP contribution in [0.1, 0.15) is 109 Å². The van der Waals surface area contributed by atoms with Gasteiger partial charge in [-0.3, -0.25) is 0 Å². The van der Waals surface area contributed by atoms with Gasteiger partial charge in [-0.2, -0.15) is 0 Å². The van der Waals surface area contributed by atoms with Crippen LogP contribution in [0.5, 0.6) is 0 Å². The lowest BCUT2D eigenvalue weighted by Gasteiger charge is -2.03. The molecule has 2 nitrogen and oxygen atoms in total. The average molecular weight is 371 g/mol. The monoisotopic (exact) mass is 370 g/mol. The van der Waals surface area contributed by atoms with E-state index in [0.29, 0.717) is 0 Å². The van der Waals surface area contributed by atoms with Gasteiger partial charge in [0.05, 0.1) is 14.1 Å². The molecule has 0 saturated carbocycles. The summed E-state index contributed by atoms with van der Waals surface area (Å²) in [5.41, 5.74) is 0. The molecule has 0 N–H and O–H groups in total. The first-order valence-corrected chi connectivity index (χ1v) is 10.8. The van der Waals surface area contributed by atoms with Crippen molar-refractivity contribution in [2.75, 3.05) is 0 Å². The Kier molecular flexibility index (Phi) is 16.6. The molecule has 0 saturated heterocycles. The van der Waals surface area contributed by atoms with Crippen LogP contribution in [-0.4, -0.2) is 4.57 Å². The number of aryl methyl sites for hydroxylation is 2. The Morgan fingerprint density at radius 2 is 1.12 bits per heavy atom. The first-order chi connectivity index (χ1) is 11.8. The topological polar surface area (TPSA) is 8.81 Å². The second kappa shape index (κ2) is 16.9. The Bertz CT molecular complexity index is 381. The van der Waals surface area contributed by atoms with Crippen molar-refractivity contribution in [3.05, 3.63) is 18.2 Å². The number of hydrogen-bond donors (Lipinski definition) is 0. The molecule has 148 valence electrons. The van der Waals surface area contributed by atoms with Crippen LogP contribution in [0.3, 0.4) is 0 Å². The maximum absolute atomic E-state index is 2.29. The summed E-state index contributed by atoms with van der Waals surface area (Å²) >= 11 is 0. The number of nitrogens with zero attached hydrogens (tertiary/aromatic N) is 2. The van der Waals surface area contributed by atoms with Gasteiger partial charge in [-0.15, -0.1) is 0 Å². The lowest BCUT2D eigenvalue weighted by atomic mass is 10.0. The zero-order valence-corrected chi connectivity index (χ0v) is 18.0. The van der Waals surface area contributed by atoms with Crippen LogP contribution in [0.2, 0.25) is 0 Å². The molecular formula is C22H43ClN2. The summed E-state index contributed by atoms with van der Waals surface area (Å²) in [6, 6.07) is 0. The minimum atomic E-state index is 0. The van der Waals surface area contributed by atoms with Crippen molar-refractivity contribution >= 4 is 0 Å². The maximum Gasteiger partial charge on any atom is 0.255 e. The van der Waals surface area contributed by atoms with E-state index in [-0.39, 0.29) is 12.4 Å². The summed E-state index contributed by atoms with van der Waals surface area (Å²) in [6.07, 6.45) is 27.1. The average Bonchev–Trinajstić information content (AvgIpc) is 2.90. The van der Waals surface area contributed by atoms with Crippen molar-refractivity contribution in [2.45, 2.75) is 110 Å². The second-order valence-corrected chi connectivity index (χ2v) is 7.64. The molecule has 0 unspecified atom stereocenters. The van der Waals surface area contributed by atoms with E-state index in [1.165, 1.54) is 109 Å². The van der Waals surface area contributed by atoms with Crippen LogP contribution in [0, 0.1) is 0 Å². The van der Waals surface area contributed by atoms with Gasteiger partial charge in [0.2, 0.25) is 0 Å². The fourth-order valence-electron chi connectivity index (χ4n) is 3.63. The van der Waals surface area contributed by atoms with E-state index in [1.54, 1.807) is 0 Å². The highest BCUT2D eigenvalue weighted by Gasteiger charge is 2.09. The van der Waals surface area contributed by atoms with E-state index < -0.39 is 0 Å². The van der Waals surface area contributed by atoms with E-state index in [0.717, 1.165) is 0 Å². The standard InChI is InChI=1S/C22H43N2.ClH/c1-4-5-6-7-8-9-10-11-12-13-14-15-16-17-18-19-22-23(2)20-21-24(22)3;/h20-21H,4-19H2,1-3H3;1H/q+1;/p-1. The fraction of sp³-hybridized carbons (Fsp3) is 0.864. The van der Waals surface area contributed by atoms with Crippen LogP contribution in [0.25, 0.3) is 0 Å². The van der Waals surface area contributed by atoms with Gasteiger partial charge in [0.1, 0.15) is 12.4 Å². The molecule has 1 heterocycles. The summed E-state index contributed by atoms with van der Waals surface area (Å²) in [7, 11) is 4.31. The number of unbranched alkanes of at least 4 members (excludes halogenated alkanes) is 14. The van der Waals surface area contributed by atoms with Crippen molar-refractivity contribution in [3.8, 4) is 0 Å². The molecule has 0 aliphatic carbocycles. The van der Waals surface area contributed by atoms with Crippen LogP contribution in [0.15, 0.2) is 12.4 Å². The van der Waals surface area contributed by atoms with Crippen molar-refractivity contribution in [1.29, 1.82) is 0 Å². The number of halogens is 1. The predicted octanol–water partition coefficient (Wildman–Crippen LogP) is 3.27. The van der Waals surface area contributed by atoms with E-state index in [4.69, 9.17) is 0 Å². The number of imidazole rings is 1. The van der Waals surface area contributed by atoms with Crippen molar-refractivity contribution in [1.82, 2.24) is 4.57 Å². The number of aromatic nitrogens is 2. The zero-order valence-electron chi connectivity index (χ0n) is 17.2. The Morgan fingerprint density at radius 1 is 0.720 bits per heavy atom. The molecule has 0 spiro atoms. The quantitative estimate of drug-likeness (QED) is 0.312. The first kappa shape index (κ1) is 24.5. The Labute approximate surface area is 163 Å². The largest absolute Gasteiger partial charge is 1.00 e. The molecule has 3 heteroatoms. The highest BCUT2D eigenvalue weighted by Crippen LogP contribution is 2.13. The van der Waals surface area contributed by atoms with E-state index >= 15 is 0 Å². The third-order valence-corrected chi connectivity index (χ3v) is 5.33. The molecule has 0 radical (unpaired) electrons. The molecule has 0 fully saturated rings. The second-order valence-electron chi connectivity index (χ2n) is 7.64. The Hall–Kier alpha value is -0.500. The summed E-state index contributed by atoms with van der Waals surface area (Å²) < 4.78 is 4.51. The van der Waals surface area contributed by atoms with Gasteiger partial charge < -0.3 is 12.4 Å². The van der Waals surface area contributed by atoms with Crippen molar-refractivity contribution in [3.63, 3.8) is 0 Å². The minimum absolute atomic E-state index is 0. The van der Waals surface area contributed by atoms with E-state index in [2.05, 4.69) is 42.5 Å². The normalized spacial score (nSPS) is 10.8. The molecule has 25 heavy (non-hydrogen) atoms. The highest BCUT2D eigenvalue weighted by molar-refractivity contribution is 4.81. The Balaban J connectivity index is 0.00000576. The van der Waals surface area contributed by atoms with Gasteiger partial charge in [-0.05, 0) is 6.42 Å². The summed E-state index contributed by atoms with van der Waals surface area (Å²) in [5.74, 6) is 1.45. The molecule has 1 rings (SSSR count). The zero-order chi connectivity index (χ0) is 17.5. The smallest absolute Gasteiger partial charge is 0.255 e. The summed E-state index contributed by atoms with van der Waals surface area (Å²) in [5, 5.41) is 0. The molecule has 0 bridgehead atoms. The predicted molar refractivity (Wildman–Crippen MR) is 105 cm³/mol. The third kappa shape index (κ3) is 12.5. The van der Waals surface area contributed by atoms with Crippen LogP contribution >= 0.6 is 0 Å². The van der Waals surface area contributed by atoms with Crippen molar-refractivity contribution < 1.29 is 17.0 Å². The number of hydrogen-bond acceptors (Lipinski definition) is 0.